The fourth-order valence-electron chi connectivity index (χ4n) is 3.22. The van der Waals surface area contributed by atoms with E-state index in [1.54, 1.807) is 19.2 Å². The normalized spacial score (nSPS) is 13.6. The minimum absolute atomic E-state index is 0.246. The summed E-state index contributed by atoms with van der Waals surface area (Å²) in [5.41, 5.74) is 1.36. The average Bonchev–Trinajstić information content (AvgIpc) is 3.01. The summed E-state index contributed by atoms with van der Waals surface area (Å²) in [6.45, 7) is 6.44. The molecule has 0 aliphatic carbocycles. The van der Waals surface area contributed by atoms with Gasteiger partial charge in [-0.05, 0) is 52.2 Å². The molecule has 2 aromatic rings. The Morgan fingerprint density at radius 2 is 1.89 bits per heavy atom. The highest BCUT2D eigenvalue weighted by atomic mass is 16.5. The number of carbonyl (C=O) groups excluding carboxylic acids is 2. The third-order valence-corrected chi connectivity index (χ3v) is 4.38. The highest BCUT2D eigenvalue weighted by Crippen LogP contribution is 2.26. The Morgan fingerprint density at radius 1 is 1.15 bits per heavy atom. The van der Waals surface area contributed by atoms with E-state index in [9.17, 15) is 9.59 Å². The minimum atomic E-state index is -0.373. The van der Waals surface area contributed by atoms with Crippen molar-refractivity contribution in [3.8, 4) is 5.75 Å². The van der Waals surface area contributed by atoms with Gasteiger partial charge < -0.3 is 19.9 Å². The van der Waals surface area contributed by atoms with Crippen molar-refractivity contribution in [1.82, 2.24) is 14.9 Å². The summed E-state index contributed by atoms with van der Waals surface area (Å²) in [5.74, 6) is 0.235. The van der Waals surface area contributed by atoms with Gasteiger partial charge in [-0.15, -0.1) is 0 Å². The lowest BCUT2D eigenvalue weighted by molar-refractivity contribution is 0.0913. The van der Waals surface area contributed by atoms with Gasteiger partial charge in [-0.3, -0.25) is 9.59 Å². The topological polar surface area (TPSA) is 85.2 Å². The summed E-state index contributed by atoms with van der Waals surface area (Å²) >= 11 is 0. The van der Waals surface area contributed by atoms with Crippen LogP contribution in [0.15, 0.2) is 24.3 Å². The number of aromatic nitrogens is 2. The molecule has 0 atom stereocenters. The van der Waals surface area contributed by atoms with Crippen molar-refractivity contribution in [2.24, 2.45) is 0 Å². The summed E-state index contributed by atoms with van der Waals surface area (Å²) < 4.78 is 7.15. The van der Waals surface area contributed by atoms with E-state index in [4.69, 9.17) is 4.74 Å². The maximum absolute atomic E-state index is 12.9. The number of para-hydroxylation sites is 2. The Balaban J connectivity index is 1.93. The Bertz CT molecular complexity index is 865. The van der Waals surface area contributed by atoms with Crippen molar-refractivity contribution >= 4 is 17.5 Å². The highest BCUT2D eigenvalue weighted by molar-refractivity contribution is 6.04. The number of methoxy groups -OCH3 is 1. The second-order valence-electron chi connectivity index (χ2n) is 7.70. The largest absolute Gasteiger partial charge is 0.495 e. The van der Waals surface area contributed by atoms with Crippen LogP contribution in [-0.4, -0.2) is 34.0 Å². The van der Waals surface area contributed by atoms with E-state index in [1.165, 1.54) is 0 Å². The number of rotatable bonds is 4. The lowest BCUT2D eigenvalue weighted by Gasteiger charge is -2.21. The van der Waals surface area contributed by atoms with E-state index in [0.717, 1.165) is 25.0 Å². The number of imidazole rings is 1. The van der Waals surface area contributed by atoms with E-state index in [1.807, 2.05) is 37.5 Å². The Hall–Kier alpha value is -2.83. The molecule has 2 heterocycles. The summed E-state index contributed by atoms with van der Waals surface area (Å²) in [7, 11) is 1.55. The van der Waals surface area contributed by atoms with Gasteiger partial charge in [0.1, 0.15) is 11.4 Å². The first-order valence-corrected chi connectivity index (χ1v) is 9.16. The van der Waals surface area contributed by atoms with Gasteiger partial charge in [-0.25, -0.2) is 4.98 Å². The standard InChI is InChI=1S/C20H26N4O3/c1-20(2,3)23-18(25)16-14-10-7-8-12-24(14)17(22-16)19(26)21-13-9-5-6-11-15(13)27-4/h5-6,9,11H,7-8,10,12H2,1-4H3,(H,21,26)(H,23,25). The molecular formula is C20H26N4O3. The van der Waals surface area contributed by atoms with Gasteiger partial charge in [0.2, 0.25) is 0 Å². The molecule has 7 heteroatoms. The molecule has 0 fully saturated rings. The maximum Gasteiger partial charge on any atom is 0.291 e. The predicted molar refractivity (Wildman–Crippen MR) is 103 cm³/mol. The average molecular weight is 370 g/mol. The smallest absolute Gasteiger partial charge is 0.291 e. The molecule has 144 valence electrons. The molecule has 1 aromatic carbocycles. The lowest BCUT2D eigenvalue weighted by atomic mass is 10.1. The first kappa shape index (κ1) is 18.9. The molecule has 0 radical (unpaired) electrons. The number of nitrogens with one attached hydrogen (secondary N) is 2. The number of hydrogen-bond acceptors (Lipinski definition) is 4. The van der Waals surface area contributed by atoms with E-state index in [2.05, 4.69) is 15.6 Å². The van der Waals surface area contributed by atoms with E-state index >= 15 is 0 Å². The first-order chi connectivity index (χ1) is 12.8. The molecule has 1 aliphatic rings. The van der Waals surface area contributed by atoms with Crippen LogP contribution in [-0.2, 0) is 13.0 Å². The van der Waals surface area contributed by atoms with Crippen LogP contribution in [0.2, 0.25) is 0 Å². The molecule has 0 saturated carbocycles. The van der Waals surface area contributed by atoms with Gasteiger partial charge >= 0.3 is 0 Å². The SMILES string of the molecule is COc1ccccc1NC(=O)c1nc(C(=O)NC(C)(C)C)c2n1CCCC2. The predicted octanol–water partition coefficient (Wildman–Crippen LogP) is 3.01. The maximum atomic E-state index is 12.9. The van der Waals surface area contributed by atoms with Gasteiger partial charge in [0.05, 0.1) is 18.5 Å². The molecule has 27 heavy (non-hydrogen) atoms. The number of ether oxygens (including phenoxy) is 1. The van der Waals surface area contributed by atoms with Crippen LogP contribution in [0.4, 0.5) is 5.69 Å². The van der Waals surface area contributed by atoms with Gasteiger partial charge in [-0.1, -0.05) is 12.1 Å². The molecule has 1 aromatic heterocycles. The Labute approximate surface area is 159 Å². The quantitative estimate of drug-likeness (QED) is 0.866. The van der Waals surface area contributed by atoms with Crippen LogP contribution in [0.1, 0.15) is 60.4 Å². The van der Waals surface area contributed by atoms with Gasteiger partial charge in [-0.2, -0.15) is 0 Å². The molecule has 3 rings (SSSR count). The number of amides is 2. The summed E-state index contributed by atoms with van der Waals surface area (Å²) in [4.78, 5) is 30.0. The number of carbonyl (C=O) groups is 2. The second kappa shape index (κ2) is 7.42. The Morgan fingerprint density at radius 3 is 2.59 bits per heavy atom. The van der Waals surface area contributed by atoms with Gasteiger partial charge in [0, 0.05) is 12.1 Å². The fraction of sp³-hybridized carbons (Fsp3) is 0.450. The highest BCUT2D eigenvalue weighted by Gasteiger charge is 2.29. The van der Waals surface area contributed by atoms with Crippen molar-refractivity contribution < 1.29 is 14.3 Å². The summed E-state index contributed by atoms with van der Waals surface area (Å²) in [6, 6.07) is 7.20. The molecule has 0 spiro atoms. The third-order valence-electron chi connectivity index (χ3n) is 4.38. The molecule has 1 aliphatic heterocycles. The number of hydrogen-bond donors (Lipinski definition) is 2. The fourth-order valence-corrected chi connectivity index (χ4v) is 3.22. The van der Waals surface area contributed by atoms with Crippen LogP contribution in [0.3, 0.4) is 0 Å². The summed E-state index contributed by atoms with van der Waals surface area (Å²) in [6.07, 6.45) is 2.68. The molecule has 2 amide bonds. The van der Waals surface area contributed by atoms with Crippen molar-refractivity contribution in [3.63, 3.8) is 0 Å². The number of fused-ring (bicyclic) bond motifs is 1. The zero-order chi connectivity index (χ0) is 19.6. The molecule has 0 saturated heterocycles. The molecular weight excluding hydrogens is 344 g/mol. The van der Waals surface area contributed by atoms with Crippen molar-refractivity contribution in [1.29, 1.82) is 0 Å². The molecule has 2 N–H and O–H groups in total. The minimum Gasteiger partial charge on any atom is -0.495 e. The third kappa shape index (κ3) is 4.13. The number of benzene rings is 1. The van der Waals surface area contributed by atoms with Gasteiger partial charge in [0.15, 0.2) is 5.82 Å². The van der Waals surface area contributed by atoms with E-state index < -0.39 is 0 Å². The summed E-state index contributed by atoms with van der Waals surface area (Å²) in [5, 5.41) is 5.79. The Kier molecular flexibility index (Phi) is 5.21. The zero-order valence-corrected chi connectivity index (χ0v) is 16.3. The van der Waals surface area contributed by atoms with Crippen LogP contribution in [0.25, 0.3) is 0 Å². The van der Waals surface area contributed by atoms with E-state index in [0.29, 0.717) is 23.7 Å². The van der Waals surface area contributed by atoms with Crippen LogP contribution < -0.4 is 15.4 Å². The van der Waals surface area contributed by atoms with Crippen LogP contribution >= 0.6 is 0 Å². The van der Waals surface area contributed by atoms with Crippen molar-refractivity contribution in [3.05, 3.63) is 41.5 Å². The molecule has 0 bridgehead atoms. The van der Waals surface area contributed by atoms with Crippen LogP contribution in [0, 0.1) is 0 Å². The van der Waals surface area contributed by atoms with Gasteiger partial charge in [0.25, 0.3) is 11.8 Å². The molecule has 0 unspecified atom stereocenters. The van der Waals surface area contributed by atoms with Crippen molar-refractivity contribution in [2.75, 3.05) is 12.4 Å². The number of nitrogens with zero attached hydrogens (tertiary/aromatic N) is 2. The second-order valence-corrected chi connectivity index (χ2v) is 7.70. The molecule has 7 nitrogen and oxygen atoms in total. The first-order valence-electron chi connectivity index (χ1n) is 9.16. The zero-order valence-electron chi connectivity index (χ0n) is 16.3. The number of anilines is 1. The monoisotopic (exact) mass is 370 g/mol. The lowest BCUT2D eigenvalue weighted by Crippen LogP contribution is -2.41. The van der Waals surface area contributed by atoms with Crippen molar-refractivity contribution in [2.45, 2.75) is 52.1 Å². The van der Waals surface area contributed by atoms with E-state index in [-0.39, 0.29) is 23.2 Å². The van der Waals surface area contributed by atoms with Crippen LogP contribution in [0.5, 0.6) is 5.75 Å².